The lowest BCUT2D eigenvalue weighted by Gasteiger charge is -2.18. The average molecular weight is 262 g/mol. The molecule has 0 amide bonds. The number of nitrogens with zero attached hydrogens (tertiary/aromatic N) is 4. The number of aromatic nitrogens is 3. The fourth-order valence-corrected chi connectivity index (χ4v) is 1.36. The first-order valence-corrected chi connectivity index (χ1v) is 5.68. The third-order valence-corrected chi connectivity index (χ3v) is 2.40. The van der Waals surface area contributed by atoms with Crippen LogP contribution in [0, 0.1) is 0 Å². The lowest BCUT2D eigenvalue weighted by atomic mass is 10.1. The largest absolute Gasteiger partial charge is 0.318 e. The van der Waals surface area contributed by atoms with Gasteiger partial charge in [-0.15, -0.1) is 17.5 Å². The van der Waals surface area contributed by atoms with Gasteiger partial charge in [-0.25, -0.2) is 4.68 Å². The van der Waals surface area contributed by atoms with E-state index in [2.05, 4.69) is 48.3 Å². The first-order chi connectivity index (χ1) is 7.43. The Morgan fingerprint density at radius 2 is 2.06 bits per heavy atom. The van der Waals surface area contributed by atoms with E-state index in [1.165, 1.54) is 0 Å². The van der Waals surface area contributed by atoms with E-state index >= 15 is 0 Å². The summed E-state index contributed by atoms with van der Waals surface area (Å²) in [6.45, 7) is 9.21. The summed E-state index contributed by atoms with van der Waals surface area (Å²) in [6, 6.07) is 0. The molecule has 1 heterocycles. The molecule has 0 aliphatic heterocycles. The first-order valence-electron chi connectivity index (χ1n) is 5.68. The van der Waals surface area contributed by atoms with Crippen LogP contribution in [0.15, 0.2) is 6.20 Å². The molecule has 6 heteroatoms. The topological polar surface area (TPSA) is 46.0 Å². The molecular weight excluding hydrogens is 238 g/mol. The zero-order chi connectivity index (χ0) is 12.2. The summed E-state index contributed by atoms with van der Waals surface area (Å²) < 4.78 is 1.91. The average Bonchev–Trinajstić information content (AvgIpc) is 2.62. The molecule has 0 radical (unpaired) electrons. The number of rotatable bonds is 5. The maximum absolute atomic E-state index is 4.18. The maximum Gasteiger partial charge on any atom is 0.0967 e. The highest BCUT2D eigenvalue weighted by molar-refractivity contribution is 5.85. The van der Waals surface area contributed by atoms with Crippen molar-refractivity contribution < 1.29 is 0 Å². The van der Waals surface area contributed by atoms with E-state index in [4.69, 9.17) is 0 Å². The number of nitrogens with one attached hydrogen (secondary N) is 1. The van der Waals surface area contributed by atoms with Crippen molar-refractivity contribution in [2.24, 2.45) is 0 Å². The first kappa shape index (κ1) is 16.4. The summed E-state index contributed by atoms with van der Waals surface area (Å²) >= 11 is 0. The van der Waals surface area contributed by atoms with Crippen LogP contribution < -0.4 is 5.32 Å². The number of likely N-dealkylation sites (N-methyl/N-ethyl adjacent to an activating group) is 2. The minimum absolute atomic E-state index is 0. The third kappa shape index (κ3) is 5.48. The van der Waals surface area contributed by atoms with Gasteiger partial charge in [-0.1, -0.05) is 5.21 Å². The molecule has 1 rings (SSSR count). The monoisotopic (exact) mass is 261 g/mol. The summed E-state index contributed by atoms with van der Waals surface area (Å²) in [6.07, 6.45) is 2.02. The van der Waals surface area contributed by atoms with Gasteiger partial charge in [0.2, 0.25) is 0 Å². The standard InChI is InChI=1S/C11H23N5.ClH/c1-11(2,3)16-9-10(13-14-16)8-15(5)7-6-12-4;/h9,12H,6-8H2,1-5H3;1H. The van der Waals surface area contributed by atoms with Gasteiger partial charge in [0.1, 0.15) is 0 Å². The van der Waals surface area contributed by atoms with Gasteiger partial charge in [0.15, 0.2) is 0 Å². The van der Waals surface area contributed by atoms with Crippen LogP contribution in [0.1, 0.15) is 26.5 Å². The summed E-state index contributed by atoms with van der Waals surface area (Å²) in [7, 11) is 4.05. The van der Waals surface area contributed by atoms with E-state index in [0.29, 0.717) is 0 Å². The molecule has 5 nitrogen and oxygen atoms in total. The molecule has 1 N–H and O–H groups in total. The highest BCUT2D eigenvalue weighted by Crippen LogP contribution is 2.12. The molecule has 0 bridgehead atoms. The highest BCUT2D eigenvalue weighted by atomic mass is 35.5. The molecule has 0 spiro atoms. The van der Waals surface area contributed by atoms with Gasteiger partial charge in [-0.3, -0.25) is 4.90 Å². The van der Waals surface area contributed by atoms with Crippen molar-refractivity contribution in [3.8, 4) is 0 Å². The molecule has 0 aliphatic rings. The van der Waals surface area contributed by atoms with Crippen molar-refractivity contribution in [1.82, 2.24) is 25.2 Å². The van der Waals surface area contributed by atoms with Crippen molar-refractivity contribution >= 4 is 12.4 Å². The second-order valence-electron chi connectivity index (χ2n) is 5.17. The molecule has 0 aliphatic carbocycles. The van der Waals surface area contributed by atoms with E-state index < -0.39 is 0 Å². The third-order valence-electron chi connectivity index (χ3n) is 2.40. The van der Waals surface area contributed by atoms with Gasteiger partial charge < -0.3 is 5.32 Å². The lowest BCUT2D eigenvalue weighted by molar-refractivity contribution is 0.324. The van der Waals surface area contributed by atoms with Crippen LogP contribution >= 0.6 is 12.4 Å². The molecule has 0 fully saturated rings. The van der Waals surface area contributed by atoms with Gasteiger partial charge in [0, 0.05) is 19.6 Å². The Morgan fingerprint density at radius 3 is 2.53 bits per heavy atom. The smallest absolute Gasteiger partial charge is 0.0967 e. The Hall–Kier alpha value is -0.650. The molecule has 1 aromatic rings. The number of halogens is 1. The van der Waals surface area contributed by atoms with E-state index in [1.807, 2.05) is 17.9 Å². The molecule has 0 saturated carbocycles. The second-order valence-corrected chi connectivity index (χ2v) is 5.17. The Kier molecular flexibility index (Phi) is 6.67. The van der Waals surface area contributed by atoms with Crippen LogP contribution in [-0.4, -0.2) is 47.1 Å². The minimum atomic E-state index is 0. The van der Waals surface area contributed by atoms with Crippen LogP contribution in [0.2, 0.25) is 0 Å². The molecule has 17 heavy (non-hydrogen) atoms. The van der Waals surface area contributed by atoms with Crippen molar-refractivity contribution in [3.05, 3.63) is 11.9 Å². The fraction of sp³-hybridized carbons (Fsp3) is 0.818. The SMILES string of the molecule is CNCCN(C)Cc1cn(C(C)(C)C)nn1.Cl. The predicted molar refractivity (Wildman–Crippen MR) is 72.5 cm³/mol. The van der Waals surface area contributed by atoms with E-state index in [-0.39, 0.29) is 17.9 Å². The lowest BCUT2D eigenvalue weighted by Crippen LogP contribution is -2.27. The summed E-state index contributed by atoms with van der Waals surface area (Å²) in [5.74, 6) is 0. The quantitative estimate of drug-likeness (QED) is 0.863. The van der Waals surface area contributed by atoms with Gasteiger partial charge in [-0.2, -0.15) is 0 Å². The van der Waals surface area contributed by atoms with E-state index in [0.717, 1.165) is 25.3 Å². The molecular formula is C11H24ClN5. The zero-order valence-corrected chi connectivity index (χ0v) is 12.2. The molecule has 100 valence electrons. The number of hydrogen-bond donors (Lipinski definition) is 1. The van der Waals surface area contributed by atoms with Crippen LogP contribution in [0.3, 0.4) is 0 Å². The van der Waals surface area contributed by atoms with Gasteiger partial charge >= 0.3 is 0 Å². The molecule has 0 unspecified atom stereocenters. The molecule has 1 aromatic heterocycles. The summed E-state index contributed by atoms with van der Waals surface area (Å²) in [4.78, 5) is 2.23. The van der Waals surface area contributed by atoms with Crippen LogP contribution in [-0.2, 0) is 12.1 Å². The Morgan fingerprint density at radius 1 is 1.41 bits per heavy atom. The van der Waals surface area contributed by atoms with Gasteiger partial charge in [-0.05, 0) is 34.9 Å². The summed E-state index contributed by atoms with van der Waals surface area (Å²) in [5, 5.41) is 11.5. The van der Waals surface area contributed by atoms with Crippen molar-refractivity contribution in [2.75, 3.05) is 27.2 Å². The fourth-order valence-electron chi connectivity index (χ4n) is 1.36. The molecule has 0 atom stereocenters. The van der Waals surface area contributed by atoms with Gasteiger partial charge in [0.05, 0.1) is 17.4 Å². The molecule has 0 aromatic carbocycles. The van der Waals surface area contributed by atoms with Crippen molar-refractivity contribution in [3.63, 3.8) is 0 Å². The normalized spacial score (nSPS) is 11.6. The van der Waals surface area contributed by atoms with Crippen LogP contribution in [0.5, 0.6) is 0 Å². The van der Waals surface area contributed by atoms with E-state index in [9.17, 15) is 0 Å². The zero-order valence-electron chi connectivity index (χ0n) is 11.4. The van der Waals surface area contributed by atoms with E-state index in [1.54, 1.807) is 0 Å². The Balaban J connectivity index is 0.00000256. The maximum atomic E-state index is 4.18. The second kappa shape index (κ2) is 6.93. The van der Waals surface area contributed by atoms with Crippen molar-refractivity contribution in [2.45, 2.75) is 32.9 Å². The minimum Gasteiger partial charge on any atom is -0.318 e. The van der Waals surface area contributed by atoms with Gasteiger partial charge in [0.25, 0.3) is 0 Å². The van der Waals surface area contributed by atoms with Crippen LogP contribution in [0.4, 0.5) is 0 Å². The van der Waals surface area contributed by atoms with Crippen molar-refractivity contribution in [1.29, 1.82) is 0 Å². The summed E-state index contributed by atoms with van der Waals surface area (Å²) in [5.41, 5.74) is 1.03. The number of hydrogen-bond acceptors (Lipinski definition) is 4. The predicted octanol–water partition coefficient (Wildman–Crippen LogP) is 1.11. The molecule has 0 saturated heterocycles. The van der Waals surface area contributed by atoms with Crippen LogP contribution in [0.25, 0.3) is 0 Å². The highest BCUT2D eigenvalue weighted by Gasteiger charge is 2.15. The Bertz CT molecular complexity index is 318. The Labute approximate surface area is 110 Å².